The first-order valence-corrected chi connectivity index (χ1v) is 10.1. The average molecular weight is 379 g/mol. The minimum absolute atomic E-state index is 0.00340. The number of hydrogen-bond donors (Lipinski definition) is 3. The molecule has 0 atom stereocenters. The summed E-state index contributed by atoms with van der Waals surface area (Å²) >= 11 is 0. The van der Waals surface area contributed by atoms with Crippen molar-refractivity contribution >= 4 is 12.0 Å². The van der Waals surface area contributed by atoms with Gasteiger partial charge < -0.3 is 20.5 Å². The third-order valence-corrected chi connectivity index (χ3v) is 4.34. The van der Waals surface area contributed by atoms with Gasteiger partial charge in [0.15, 0.2) is 0 Å². The highest BCUT2D eigenvalue weighted by molar-refractivity contribution is 5.94. The van der Waals surface area contributed by atoms with Gasteiger partial charge in [0.1, 0.15) is 5.75 Å². The molecule has 0 fully saturated rings. The highest BCUT2D eigenvalue weighted by Crippen LogP contribution is 2.10. The lowest BCUT2D eigenvalue weighted by molar-refractivity contribution is 0.0948. The molecule has 0 heterocycles. The molecule has 0 saturated heterocycles. The molecule has 0 aliphatic rings. The lowest BCUT2D eigenvalue weighted by Crippen LogP contribution is -2.37. The number of ether oxygens (including phenoxy) is 1. The molecule has 0 spiro atoms. The van der Waals surface area contributed by atoms with Crippen molar-refractivity contribution in [3.05, 3.63) is 29.8 Å². The van der Waals surface area contributed by atoms with Gasteiger partial charge in [-0.2, -0.15) is 0 Å². The Kier molecular flexibility index (Phi) is 12.6. The molecule has 0 aromatic heterocycles. The number of carbonyl (C=O) groups excluding carboxylic acids is 2. The van der Waals surface area contributed by atoms with E-state index in [0.717, 1.165) is 12.8 Å². The van der Waals surface area contributed by atoms with Crippen molar-refractivity contribution < 1.29 is 19.4 Å². The maximum atomic E-state index is 11.8. The van der Waals surface area contributed by atoms with Crippen LogP contribution in [0.1, 0.15) is 81.5 Å². The fourth-order valence-electron chi connectivity index (χ4n) is 2.72. The molecule has 0 radical (unpaired) electrons. The number of nitrogens with one attached hydrogen (secondary N) is 2. The molecule has 1 aromatic carbocycles. The Hall–Kier alpha value is -2.24. The third kappa shape index (κ3) is 11.9. The van der Waals surface area contributed by atoms with Crippen molar-refractivity contribution in [3.8, 4) is 5.75 Å². The Labute approximate surface area is 162 Å². The molecular formula is C21H34N2O4. The van der Waals surface area contributed by atoms with E-state index in [4.69, 9.17) is 4.74 Å². The van der Waals surface area contributed by atoms with Crippen LogP contribution < -0.4 is 10.6 Å². The van der Waals surface area contributed by atoms with Crippen molar-refractivity contribution in [2.45, 2.75) is 71.1 Å². The van der Waals surface area contributed by atoms with E-state index >= 15 is 0 Å². The number of hydrogen-bond acceptors (Lipinski definition) is 4. The Balaban J connectivity index is 1.92. The van der Waals surface area contributed by atoms with Gasteiger partial charge in [0.25, 0.3) is 5.91 Å². The van der Waals surface area contributed by atoms with Crippen molar-refractivity contribution in [2.24, 2.45) is 0 Å². The molecule has 6 heteroatoms. The van der Waals surface area contributed by atoms with Crippen LogP contribution in [0.4, 0.5) is 4.79 Å². The summed E-state index contributed by atoms with van der Waals surface area (Å²) < 4.78 is 5.08. The van der Waals surface area contributed by atoms with Crippen LogP contribution in [-0.4, -0.2) is 30.4 Å². The Morgan fingerprint density at radius 1 is 0.852 bits per heavy atom. The van der Waals surface area contributed by atoms with E-state index in [9.17, 15) is 14.7 Å². The largest absolute Gasteiger partial charge is 0.508 e. The van der Waals surface area contributed by atoms with E-state index in [1.165, 1.54) is 75.6 Å². The zero-order valence-corrected chi connectivity index (χ0v) is 16.5. The summed E-state index contributed by atoms with van der Waals surface area (Å²) in [7, 11) is 0. The van der Waals surface area contributed by atoms with E-state index in [2.05, 4.69) is 17.6 Å². The summed E-state index contributed by atoms with van der Waals surface area (Å²) in [5.74, 6) is -0.231. The standard InChI is InChI=1S/C21H34N2O4/c1-2-3-4-5-6-7-8-9-10-11-16-27-21(26)23-17-22-20(25)18-12-14-19(24)15-13-18/h12-15,24H,2-11,16-17H2,1H3,(H,22,25)(H,23,26). The molecule has 0 unspecified atom stereocenters. The monoisotopic (exact) mass is 378 g/mol. The van der Waals surface area contributed by atoms with Crippen LogP contribution in [0, 0.1) is 0 Å². The van der Waals surface area contributed by atoms with E-state index < -0.39 is 6.09 Å². The predicted molar refractivity (Wildman–Crippen MR) is 107 cm³/mol. The molecule has 6 nitrogen and oxygen atoms in total. The second-order valence-electron chi connectivity index (χ2n) is 6.72. The maximum absolute atomic E-state index is 11.8. The van der Waals surface area contributed by atoms with E-state index in [1.807, 2.05) is 0 Å². The topological polar surface area (TPSA) is 87.7 Å². The summed E-state index contributed by atoms with van der Waals surface area (Å²) in [5.41, 5.74) is 0.410. The van der Waals surface area contributed by atoms with Gasteiger partial charge in [-0.3, -0.25) is 4.79 Å². The van der Waals surface area contributed by atoms with Gasteiger partial charge in [-0.15, -0.1) is 0 Å². The summed E-state index contributed by atoms with van der Waals surface area (Å²) in [6.45, 7) is 2.63. The molecule has 0 aliphatic carbocycles. The lowest BCUT2D eigenvalue weighted by atomic mass is 10.1. The molecule has 0 saturated carbocycles. The summed E-state index contributed by atoms with van der Waals surface area (Å²) in [6.07, 6.45) is 11.8. The van der Waals surface area contributed by atoms with Crippen molar-refractivity contribution in [2.75, 3.05) is 13.3 Å². The van der Waals surface area contributed by atoms with Gasteiger partial charge in [-0.05, 0) is 30.7 Å². The number of alkyl carbamates (subject to hydrolysis) is 1. The van der Waals surface area contributed by atoms with E-state index in [0.29, 0.717) is 12.2 Å². The van der Waals surface area contributed by atoms with Crippen molar-refractivity contribution in [3.63, 3.8) is 0 Å². The molecule has 0 bridgehead atoms. The molecule has 152 valence electrons. The summed E-state index contributed by atoms with van der Waals surface area (Å²) in [4.78, 5) is 23.4. The quantitative estimate of drug-likeness (QED) is 0.323. The van der Waals surface area contributed by atoms with Crippen LogP contribution in [0.5, 0.6) is 5.75 Å². The van der Waals surface area contributed by atoms with Gasteiger partial charge in [0, 0.05) is 5.56 Å². The van der Waals surface area contributed by atoms with Gasteiger partial charge in [0.05, 0.1) is 13.3 Å². The second-order valence-corrected chi connectivity index (χ2v) is 6.72. The SMILES string of the molecule is CCCCCCCCCCCCOC(=O)NCNC(=O)c1ccc(O)cc1. The average Bonchev–Trinajstić information content (AvgIpc) is 2.66. The van der Waals surface area contributed by atoms with E-state index in [1.54, 1.807) is 0 Å². The zero-order valence-electron chi connectivity index (χ0n) is 16.5. The fraction of sp³-hybridized carbons (Fsp3) is 0.619. The Morgan fingerprint density at radius 2 is 1.41 bits per heavy atom. The van der Waals surface area contributed by atoms with Gasteiger partial charge >= 0.3 is 6.09 Å². The minimum atomic E-state index is -0.531. The first-order chi connectivity index (χ1) is 13.1. The zero-order chi connectivity index (χ0) is 19.7. The third-order valence-electron chi connectivity index (χ3n) is 4.34. The van der Waals surface area contributed by atoms with Crippen molar-refractivity contribution in [1.29, 1.82) is 0 Å². The van der Waals surface area contributed by atoms with Crippen LogP contribution in [0.3, 0.4) is 0 Å². The number of phenols is 1. The van der Waals surface area contributed by atoms with Crippen LogP contribution in [0.2, 0.25) is 0 Å². The Bertz CT molecular complexity index is 531. The molecule has 0 aliphatic heterocycles. The highest BCUT2D eigenvalue weighted by atomic mass is 16.5. The maximum Gasteiger partial charge on any atom is 0.408 e. The molecular weight excluding hydrogens is 344 g/mol. The van der Waals surface area contributed by atoms with Crippen LogP contribution in [0.15, 0.2) is 24.3 Å². The van der Waals surface area contributed by atoms with Crippen molar-refractivity contribution in [1.82, 2.24) is 10.6 Å². The first-order valence-electron chi connectivity index (χ1n) is 10.1. The number of benzene rings is 1. The number of rotatable bonds is 14. The number of phenolic OH excluding ortho intramolecular Hbond substituents is 1. The molecule has 2 amide bonds. The minimum Gasteiger partial charge on any atom is -0.508 e. The van der Waals surface area contributed by atoms with Crippen LogP contribution in [-0.2, 0) is 4.74 Å². The van der Waals surface area contributed by atoms with Crippen LogP contribution in [0.25, 0.3) is 0 Å². The first kappa shape index (κ1) is 22.8. The number of carbonyl (C=O) groups is 2. The van der Waals surface area contributed by atoms with Gasteiger partial charge in [-0.25, -0.2) is 4.79 Å². The molecule has 1 aromatic rings. The van der Waals surface area contributed by atoms with Crippen LogP contribution >= 0.6 is 0 Å². The second kappa shape index (κ2) is 14.9. The molecule has 3 N–H and O–H groups in total. The predicted octanol–water partition coefficient (Wildman–Crippen LogP) is 4.73. The molecule has 1 rings (SSSR count). The fourth-order valence-corrected chi connectivity index (χ4v) is 2.72. The van der Waals surface area contributed by atoms with Gasteiger partial charge in [0.2, 0.25) is 0 Å². The number of unbranched alkanes of at least 4 members (excludes halogenated alkanes) is 9. The Morgan fingerprint density at radius 3 is 2.00 bits per heavy atom. The molecule has 27 heavy (non-hydrogen) atoms. The smallest absolute Gasteiger partial charge is 0.408 e. The normalized spacial score (nSPS) is 10.4. The number of aromatic hydroxyl groups is 1. The van der Waals surface area contributed by atoms with Gasteiger partial charge in [-0.1, -0.05) is 64.7 Å². The lowest BCUT2D eigenvalue weighted by Gasteiger charge is -2.08. The van der Waals surface area contributed by atoms with E-state index in [-0.39, 0.29) is 18.3 Å². The number of amides is 2. The highest BCUT2D eigenvalue weighted by Gasteiger charge is 2.06. The summed E-state index contributed by atoms with van der Waals surface area (Å²) in [5, 5.41) is 14.2. The summed E-state index contributed by atoms with van der Waals surface area (Å²) in [6, 6.07) is 5.88.